The maximum Gasteiger partial charge on any atom is 0.195 e. The van der Waals surface area contributed by atoms with E-state index in [1.807, 2.05) is 24.3 Å². The fourth-order valence-corrected chi connectivity index (χ4v) is 2.86. The Morgan fingerprint density at radius 3 is 2.48 bits per heavy atom. The number of aromatic nitrogens is 1. The predicted molar refractivity (Wildman–Crippen MR) is 82.3 cm³/mol. The van der Waals surface area contributed by atoms with Crippen molar-refractivity contribution >= 4 is 11.1 Å². The molecule has 21 heavy (non-hydrogen) atoms. The Hall–Kier alpha value is -1.43. The van der Waals surface area contributed by atoms with E-state index < -0.39 is 0 Å². The van der Waals surface area contributed by atoms with Gasteiger partial charge in [0.05, 0.1) is 6.61 Å². The number of aryl methyl sites for hydroxylation is 1. The third kappa shape index (κ3) is 3.81. The summed E-state index contributed by atoms with van der Waals surface area (Å²) in [5.41, 5.74) is 1.83. The maximum absolute atomic E-state index is 8.94. The Morgan fingerprint density at radius 1 is 1.05 bits per heavy atom. The number of rotatable bonds is 6. The number of oxazole rings is 1. The quantitative estimate of drug-likeness (QED) is 0.870. The lowest BCUT2D eigenvalue weighted by atomic mass is 10.2. The van der Waals surface area contributed by atoms with Gasteiger partial charge in [-0.2, -0.15) is 0 Å². The lowest BCUT2D eigenvalue weighted by Gasteiger charge is -2.34. The smallest absolute Gasteiger partial charge is 0.195 e. The first-order chi connectivity index (χ1) is 10.3. The normalized spacial score (nSPS) is 17.6. The van der Waals surface area contributed by atoms with Gasteiger partial charge in [0.1, 0.15) is 5.52 Å². The van der Waals surface area contributed by atoms with Gasteiger partial charge < -0.3 is 14.4 Å². The summed E-state index contributed by atoms with van der Waals surface area (Å²) in [4.78, 5) is 9.31. The van der Waals surface area contributed by atoms with E-state index in [9.17, 15) is 0 Å². The Morgan fingerprint density at radius 2 is 1.76 bits per heavy atom. The molecule has 3 rings (SSSR count). The second kappa shape index (κ2) is 7.02. The fourth-order valence-electron chi connectivity index (χ4n) is 2.86. The van der Waals surface area contributed by atoms with Crippen molar-refractivity contribution in [1.82, 2.24) is 14.8 Å². The predicted octanol–water partition coefficient (Wildman–Crippen LogP) is 1.37. The maximum atomic E-state index is 8.94. The molecule has 1 aliphatic rings. The molecule has 5 heteroatoms. The average molecular weight is 289 g/mol. The van der Waals surface area contributed by atoms with Crippen molar-refractivity contribution in [3.8, 4) is 0 Å². The first-order valence-corrected chi connectivity index (χ1v) is 7.75. The van der Waals surface area contributed by atoms with Crippen LogP contribution in [-0.2, 0) is 6.42 Å². The molecular formula is C16H23N3O2. The first kappa shape index (κ1) is 14.5. The van der Waals surface area contributed by atoms with Gasteiger partial charge in [-0.15, -0.1) is 0 Å². The zero-order valence-electron chi connectivity index (χ0n) is 12.4. The van der Waals surface area contributed by atoms with Gasteiger partial charge in [0.15, 0.2) is 11.5 Å². The minimum absolute atomic E-state index is 0.262. The number of para-hydroxylation sites is 2. The number of hydrogen-bond donors (Lipinski definition) is 1. The van der Waals surface area contributed by atoms with Crippen molar-refractivity contribution in [2.45, 2.75) is 12.8 Å². The summed E-state index contributed by atoms with van der Waals surface area (Å²) in [6.07, 6.45) is 1.97. The summed E-state index contributed by atoms with van der Waals surface area (Å²) in [6, 6.07) is 7.92. The molecule has 5 nitrogen and oxygen atoms in total. The Kier molecular flexibility index (Phi) is 4.85. The summed E-state index contributed by atoms with van der Waals surface area (Å²) in [5.74, 6) is 0.843. The van der Waals surface area contributed by atoms with Gasteiger partial charge in [-0.05, 0) is 25.1 Å². The van der Waals surface area contributed by atoms with E-state index in [-0.39, 0.29) is 6.61 Å². The zero-order valence-corrected chi connectivity index (χ0v) is 12.4. The number of nitrogens with zero attached hydrogens (tertiary/aromatic N) is 3. The lowest BCUT2D eigenvalue weighted by Crippen LogP contribution is -2.47. The van der Waals surface area contributed by atoms with Crippen LogP contribution >= 0.6 is 0 Å². The molecule has 1 aromatic heterocycles. The molecule has 0 spiro atoms. The molecule has 0 saturated carbocycles. The van der Waals surface area contributed by atoms with Crippen LogP contribution in [0.25, 0.3) is 11.1 Å². The van der Waals surface area contributed by atoms with Gasteiger partial charge in [0, 0.05) is 39.1 Å². The first-order valence-electron chi connectivity index (χ1n) is 7.75. The van der Waals surface area contributed by atoms with Crippen LogP contribution in [0.1, 0.15) is 12.3 Å². The van der Waals surface area contributed by atoms with Gasteiger partial charge in [-0.3, -0.25) is 4.90 Å². The number of fused-ring (bicyclic) bond motifs is 1. The molecule has 0 bridgehead atoms. The molecule has 0 atom stereocenters. The van der Waals surface area contributed by atoms with Gasteiger partial charge in [-0.25, -0.2) is 4.98 Å². The third-order valence-electron chi connectivity index (χ3n) is 4.08. The Balaban J connectivity index is 1.42. The highest BCUT2D eigenvalue weighted by molar-refractivity contribution is 5.72. The van der Waals surface area contributed by atoms with Crippen LogP contribution in [0.3, 0.4) is 0 Å². The third-order valence-corrected chi connectivity index (χ3v) is 4.08. The van der Waals surface area contributed by atoms with Crippen LogP contribution in [-0.4, -0.2) is 65.8 Å². The van der Waals surface area contributed by atoms with E-state index in [1.54, 1.807) is 0 Å². The fraction of sp³-hybridized carbons (Fsp3) is 0.562. The van der Waals surface area contributed by atoms with Gasteiger partial charge >= 0.3 is 0 Å². The molecule has 2 heterocycles. The van der Waals surface area contributed by atoms with Crippen LogP contribution in [0.15, 0.2) is 28.7 Å². The van der Waals surface area contributed by atoms with E-state index in [1.165, 1.54) is 0 Å². The summed E-state index contributed by atoms with van der Waals surface area (Å²) in [7, 11) is 0. The minimum atomic E-state index is 0.262. The number of piperazine rings is 1. The topological polar surface area (TPSA) is 52.7 Å². The van der Waals surface area contributed by atoms with E-state index in [4.69, 9.17) is 9.52 Å². The van der Waals surface area contributed by atoms with Crippen LogP contribution in [0.5, 0.6) is 0 Å². The van der Waals surface area contributed by atoms with E-state index in [2.05, 4.69) is 14.8 Å². The van der Waals surface area contributed by atoms with Gasteiger partial charge in [0.25, 0.3) is 0 Å². The molecule has 0 aliphatic carbocycles. The average Bonchev–Trinajstić information content (AvgIpc) is 2.92. The summed E-state index contributed by atoms with van der Waals surface area (Å²) < 4.78 is 5.74. The van der Waals surface area contributed by atoms with Gasteiger partial charge in [0.2, 0.25) is 0 Å². The standard InChI is InChI=1S/C16H23N3O2/c20-13-12-19-10-8-18(9-11-19)7-3-6-16-17-14-4-1-2-5-15(14)21-16/h1-2,4-5,20H,3,6-13H2. The van der Waals surface area contributed by atoms with Crippen molar-refractivity contribution in [3.63, 3.8) is 0 Å². The molecule has 114 valence electrons. The molecule has 2 aromatic rings. The molecular weight excluding hydrogens is 266 g/mol. The highest BCUT2D eigenvalue weighted by Gasteiger charge is 2.16. The number of β-amino-alcohol motifs (C(OH)–C–C–N with tert-alkyl or cyclic N) is 1. The molecule has 0 radical (unpaired) electrons. The van der Waals surface area contributed by atoms with Crippen LogP contribution in [0, 0.1) is 0 Å². The molecule has 1 aliphatic heterocycles. The number of aliphatic hydroxyl groups is 1. The lowest BCUT2D eigenvalue weighted by molar-refractivity contribution is 0.111. The number of hydrogen-bond acceptors (Lipinski definition) is 5. The summed E-state index contributed by atoms with van der Waals surface area (Å²) >= 11 is 0. The molecule has 1 N–H and O–H groups in total. The van der Waals surface area contributed by atoms with Crippen molar-refractivity contribution in [2.75, 3.05) is 45.9 Å². The van der Waals surface area contributed by atoms with E-state index in [0.717, 1.165) is 69.1 Å². The molecule has 1 saturated heterocycles. The molecule has 1 aromatic carbocycles. The van der Waals surface area contributed by atoms with Crippen LogP contribution in [0.4, 0.5) is 0 Å². The zero-order chi connectivity index (χ0) is 14.5. The van der Waals surface area contributed by atoms with Crippen LogP contribution in [0.2, 0.25) is 0 Å². The second-order valence-electron chi connectivity index (χ2n) is 5.59. The molecule has 1 fully saturated rings. The van der Waals surface area contributed by atoms with Crippen LogP contribution < -0.4 is 0 Å². The monoisotopic (exact) mass is 289 g/mol. The van der Waals surface area contributed by atoms with Crippen molar-refractivity contribution in [3.05, 3.63) is 30.2 Å². The minimum Gasteiger partial charge on any atom is -0.441 e. The number of aliphatic hydroxyl groups excluding tert-OH is 1. The molecule has 0 amide bonds. The summed E-state index contributed by atoms with van der Waals surface area (Å²) in [5, 5.41) is 8.94. The highest BCUT2D eigenvalue weighted by Crippen LogP contribution is 2.15. The SMILES string of the molecule is OCCN1CCN(CCCc2nc3ccccc3o2)CC1. The second-order valence-corrected chi connectivity index (χ2v) is 5.59. The van der Waals surface area contributed by atoms with Gasteiger partial charge in [-0.1, -0.05) is 12.1 Å². The van der Waals surface area contributed by atoms with E-state index >= 15 is 0 Å². The number of benzene rings is 1. The largest absolute Gasteiger partial charge is 0.441 e. The van der Waals surface area contributed by atoms with Crippen molar-refractivity contribution in [1.29, 1.82) is 0 Å². The summed E-state index contributed by atoms with van der Waals surface area (Å²) in [6.45, 7) is 6.45. The Labute approximate surface area is 125 Å². The van der Waals surface area contributed by atoms with Crippen molar-refractivity contribution in [2.24, 2.45) is 0 Å². The van der Waals surface area contributed by atoms with E-state index in [0.29, 0.717) is 0 Å². The Bertz CT molecular complexity index is 528. The van der Waals surface area contributed by atoms with Crippen molar-refractivity contribution < 1.29 is 9.52 Å². The molecule has 0 unspecified atom stereocenters. The highest BCUT2D eigenvalue weighted by atomic mass is 16.3.